The summed E-state index contributed by atoms with van der Waals surface area (Å²) in [4.78, 5) is 14.9. The van der Waals surface area contributed by atoms with Gasteiger partial charge in [-0.25, -0.2) is 4.68 Å². The van der Waals surface area contributed by atoms with Crippen LogP contribution in [0.5, 0.6) is 0 Å². The maximum absolute atomic E-state index is 12.8. The van der Waals surface area contributed by atoms with Crippen LogP contribution in [0, 0.1) is 17.8 Å². The lowest BCUT2D eigenvalue weighted by molar-refractivity contribution is -0.126. The first-order chi connectivity index (χ1) is 13.5. The van der Waals surface area contributed by atoms with Crippen molar-refractivity contribution in [3.63, 3.8) is 0 Å². The highest BCUT2D eigenvalue weighted by atomic mass is 16.2. The summed E-state index contributed by atoms with van der Waals surface area (Å²) in [6.07, 6.45) is 9.36. The standard InChI is InChI=1S/C23H32N4O/c1-16(22-12-18-9-10-20(22)11-18)25-23(28)17(2)26(3)14-19-13-24-27(15-19)21-7-5-4-6-8-21/h4-8,13,15-18,20,22H,9-12,14H2,1-3H3,(H,25,28). The predicted molar refractivity (Wildman–Crippen MR) is 111 cm³/mol. The van der Waals surface area contributed by atoms with Crippen LogP contribution in [0.1, 0.15) is 45.1 Å². The zero-order valence-corrected chi connectivity index (χ0v) is 17.2. The van der Waals surface area contributed by atoms with Crippen molar-refractivity contribution in [2.75, 3.05) is 7.05 Å². The molecule has 1 amide bonds. The van der Waals surface area contributed by atoms with Gasteiger partial charge in [-0.2, -0.15) is 5.10 Å². The molecular formula is C23H32N4O. The lowest BCUT2D eigenvalue weighted by atomic mass is 9.84. The van der Waals surface area contributed by atoms with E-state index in [1.54, 1.807) is 0 Å². The van der Waals surface area contributed by atoms with Crippen LogP contribution in [-0.4, -0.2) is 39.7 Å². The Morgan fingerprint density at radius 1 is 1.25 bits per heavy atom. The summed E-state index contributed by atoms with van der Waals surface area (Å²) in [5.41, 5.74) is 2.15. The second-order valence-corrected chi connectivity index (χ2v) is 8.86. The van der Waals surface area contributed by atoms with Crippen molar-refractivity contribution in [2.45, 2.75) is 58.2 Å². The molecule has 2 bridgehead atoms. The molecule has 150 valence electrons. The Morgan fingerprint density at radius 3 is 2.71 bits per heavy atom. The van der Waals surface area contributed by atoms with Crippen LogP contribution < -0.4 is 5.32 Å². The second-order valence-electron chi connectivity index (χ2n) is 8.86. The molecule has 0 saturated heterocycles. The molecule has 2 aromatic rings. The summed E-state index contributed by atoms with van der Waals surface area (Å²) >= 11 is 0. The number of nitrogens with one attached hydrogen (secondary N) is 1. The maximum Gasteiger partial charge on any atom is 0.237 e. The van der Waals surface area contributed by atoms with Gasteiger partial charge in [0.25, 0.3) is 0 Å². The summed E-state index contributed by atoms with van der Waals surface area (Å²) in [6, 6.07) is 10.2. The Labute approximate surface area is 168 Å². The summed E-state index contributed by atoms with van der Waals surface area (Å²) in [5, 5.41) is 7.76. The van der Waals surface area contributed by atoms with Crippen molar-refractivity contribution < 1.29 is 4.79 Å². The molecule has 5 nitrogen and oxygen atoms in total. The monoisotopic (exact) mass is 380 g/mol. The first-order valence-corrected chi connectivity index (χ1v) is 10.6. The Bertz CT molecular complexity index is 802. The molecule has 2 fully saturated rings. The fraction of sp³-hybridized carbons (Fsp3) is 0.565. The molecule has 5 unspecified atom stereocenters. The molecule has 1 heterocycles. The van der Waals surface area contributed by atoms with Gasteiger partial charge in [-0.3, -0.25) is 9.69 Å². The van der Waals surface area contributed by atoms with E-state index in [-0.39, 0.29) is 18.0 Å². The minimum Gasteiger partial charge on any atom is -0.352 e. The normalized spacial score (nSPS) is 25.8. The number of nitrogens with zero attached hydrogens (tertiary/aromatic N) is 3. The van der Waals surface area contributed by atoms with Crippen LogP contribution in [0.15, 0.2) is 42.7 Å². The van der Waals surface area contributed by atoms with E-state index >= 15 is 0 Å². The minimum atomic E-state index is -0.166. The van der Waals surface area contributed by atoms with Crippen molar-refractivity contribution in [1.29, 1.82) is 0 Å². The van der Waals surface area contributed by atoms with Crippen molar-refractivity contribution >= 4 is 5.91 Å². The van der Waals surface area contributed by atoms with E-state index in [9.17, 15) is 4.79 Å². The third-order valence-corrected chi connectivity index (χ3v) is 6.93. The SMILES string of the molecule is CC(NC(=O)C(C)N(C)Cc1cnn(-c2ccccc2)c1)C1CC2CCC1C2. The molecule has 2 saturated carbocycles. The molecule has 5 atom stereocenters. The van der Waals surface area contributed by atoms with Crippen molar-refractivity contribution in [3.8, 4) is 5.69 Å². The van der Waals surface area contributed by atoms with Crippen molar-refractivity contribution in [1.82, 2.24) is 20.0 Å². The smallest absolute Gasteiger partial charge is 0.237 e. The summed E-state index contributed by atoms with van der Waals surface area (Å²) in [7, 11) is 2.01. The van der Waals surface area contributed by atoms with Gasteiger partial charge in [0, 0.05) is 24.3 Å². The van der Waals surface area contributed by atoms with Gasteiger partial charge in [0.05, 0.1) is 17.9 Å². The molecule has 1 aromatic carbocycles. The van der Waals surface area contributed by atoms with Crippen molar-refractivity contribution in [2.24, 2.45) is 17.8 Å². The average Bonchev–Trinajstić information content (AvgIpc) is 3.45. The summed E-state index contributed by atoms with van der Waals surface area (Å²) in [5.74, 6) is 2.55. The first kappa shape index (κ1) is 19.2. The van der Waals surface area contributed by atoms with Gasteiger partial charge in [0.2, 0.25) is 5.91 Å². The Kier molecular flexibility index (Phi) is 5.54. The summed E-state index contributed by atoms with van der Waals surface area (Å²) in [6.45, 7) is 4.88. The highest BCUT2D eigenvalue weighted by Crippen LogP contribution is 2.49. The Morgan fingerprint density at radius 2 is 2.04 bits per heavy atom. The molecule has 0 aliphatic heterocycles. The fourth-order valence-electron chi connectivity index (χ4n) is 5.15. The topological polar surface area (TPSA) is 50.2 Å². The van der Waals surface area contributed by atoms with Gasteiger partial charge in [0.15, 0.2) is 0 Å². The first-order valence-electron chi connectivity index (χ1n) is 10.6. The van der Waals surface area contributed by atoms with E-state index in [0.29, 0.717) is 12.5 Å². The van der Waals surface area contributed by atoms with Gasteiger partial charge in [-0.15, -0.1) is 0 Å². The van der Waals surface area contributed by atoms with Crippen LogP contribution in [0.3, 0.4) is 0 Å². The lowest BCUT2D eigenvalue weighted by Crippen LogP contribution is -2.48. The molecule has 1 N–H and O–H groups in total. The number of carbonyl (C=O) groups excluding carboxylic acids is 1. The minimum absolute atomic E-state index is 0.133. The van der Waals surface area contributed by atoms with Gasteiger partial charge in [-0.05, 0) is 70.0 Å². The van der Waals surface area contributed by atoms with E-state index in [0.717, 1.165) is 23.1 Å². The molecule has 5 heteroatoms. The van der Waals surface area contributed by atoms with E-state index in [2.05, 4.69) is 22.2 Å². The Hall–Kier alpha value is -2.14. The molecule has 2 aliphatic rings. The lowest BCUT2D eigenvalue weighted by Gasteiger charge is -2.31. The van der Waals surface area contributed by atoms with Gasteiger partial charge in [0.1, 0.15) is 0 Å². The average molecular weight is 381 g/mol. The van der Waals surface area contributed by atoms with Crippen LogP contribution in [0.2, 0.25) is 0 Å². The Balaban J connectivity index is 1.31. The van der Waals surface area contributed by atoms with E-state index in [1.165, 1.54) is 25.7 Å². The second kappa shape index (κ2) is 8.08. The fourth-order valence-corrected chi connectivity index (χ4v) is 5.15. The third kappa shape index (κ3) is 4.00. The molecule has 2 aliphatic carbocycles. The quantitative estimate of drug-likeness (QED) is 0.798. The number of para-hydroxylation sites is 1. The highest BCUT2D eigenvalue weighted by Gasteiger charge is 2.42. The highest BCUT2D eigenvalue weighted by molar-refractivity contribution is 5.81. The molecular weight excluding hydrogens is 348 g/mol. The maximum atomic E-state index is 12.8. The van der Waals surface area contributed by atoms with Crippen LogP contribution in [0.4, 0.5) is 0 Å². The van der Waals surface area contributed by atoms with Crippen LogP contribution in [0.25, 0.3) is 5.69 Å². The molecule has 1 aromatic heterocycles. The zero-order chi connectivity index (χ0) is 19.7. The molecule has 28 heavy (non-hydrogen) atoms. The number of aromatic nitrogens is 2. The number of benzene rings is 1. The predicted octanol–water partition coefficient (Wildman–Crippen LogP) is 3.63. The van der Waals surface area contributed by atoms with E-state index in [4.69, 9.17) is 0 Å². The van der Waals surface area contributed by atoms with Crippen LogP contribution in [-0.2, 0) is 11.3 Å². The number of hydrogen-bond donors (Lipinski definition) is 1. The number of carbonyl (C=O) groups is 1. The molecule has 4 rings (SSSR count). The number of amides is 1. The number of hydrogen-bond acceptors (Lipinski definition) is 3. The summed E-state index contributed by atoms with van der Waals surface area (Å²) < 4.78 is 1.88. The molecule has 0 spiro atoms. The van der Waals surface area contributed by atoms with Gasteiger partial charge < -0.3 is 5.32 Å². The van der Waals surface area contributed by atoms with E-state index in [1.807, 2.05) is 61.4 Å². The van der Waals surface area contributed by atoms with Crippen molar-refractivity contribution in [3.05, 3.63) is 48.3 Å². The van der Waals surface area contributed by atoms with Gasteiger partial charge in [-0.1, -0.05) is 24.6 Å². The number of likely N-dealkylation sites (N-methyl/N-ethyl adjacent to an activating group) is 1. The number of rotatable bonds is 7. The molecule has 0 radical (unpaired) electrons. The van der Waals surface area contributed by atoms with Gasteiger partial charge >= 0.3 is 0 Å². The number of fused-ring (bicyclic) bond motifs is 2. The zero-order valence-electron chi connectivity index (χ0n) is 17.2. The largest absolute Gasteiger partial charge is 0.352 e. The third-order valence-electron chi connectivity index (χ3n) is 6.93. The van der Waals surface area contributed by atoms with Crippen LogP contribution >= 0.6 is 0 Å². The van der Waals surface area contributed by atoms with E-state index < -0.39 is 0 Å².